The molecule has 1 unspecified atom stereocenters. The van der Waals surface area contributed by atoms with Gasteiger partial charge in [0.15, 0.2) is 0 Å². The minimum absolute atomic E-state index is 0.0163. The van der Waals surface area contributed by atoms with Crippen molar-refractivity contribution >= 4 is 18.2 Å². The quantitative estimate of drug-likeness (QED) is 0.747. The average Bonchev–Trinajstić information content (AvgIpc) is 2.95. The van der Waals surface area contributed by atoms with E-state index < -0.39 is 18.2 Å². The van der Waals surface area contributed by atoms with E-state index in [0.29, 0.717) is 11.6 Å². The predicted octanol–water partition coefficient (Wildman–Crippen LogP) is 3.86. The molecule has 0 saturated heterocycles. The second kappa shape index (κ2) is 6.93. The highest BCUT2D eigenvalue weighted by atomic mass is 32.2. The third-order valence-corrected chi connectivity index (χ3v) is 12.6. The van der Waals surface area contributed by atoms with Crippen LogP contribution in [0.4, 0.5) is 0 Å². The molecule has 1 atom stereocenters. The van der Waals surface area contributed by atoms with Gasteiger partial charge in [-0.15, -0.1) is 0 Å². The van der Waals surface area contributed by atoms with Gasteiger partial charge in [-0.3, -0.25) is 0 Å². The monoisotopic (exact) mass is 380 g/mol. The van der Waals surface area contributed by atoms with Crippen molar-refractivity contribution < 1.29 is 8.95 Å². The number of hydrogen-bond donors (Lipinski definition) is 2. The Hall–Kier alpha value is -1.64. The standard InChI is InChI=1S/C17H28N4O2SSi/c1-17(2,3)25(5,6)20-24(18,22)16-11-12-19-21(16)13-14-7-9-15(23-4)10-8-14/h7-12H,13H2,1-6H3,(H2,18,20,22). The molecule has 0 saturated carbocycles. The zero-order chi connectivity index (χ0) is 18.9. The molecule has 1 aromatic heterocycles. The molecule has 0 spiro atoms. The summed E-state index contributed by atoms with van der Waals surface area (Å²) in [6.07, 6.45) is 1.60. The van der Waals surface area contributed by atoms with Crippen molar-refractivity contribution in [3.63, 3.8) is 0 Å². The Labute approximate surface area is 151 Å². The Morgan fingerprint density at radius 2 is 1.84 bits per heavy atom. The zero-order valence-corrected chi connectivity index (χ0v) is 17.6. The summed E-state index contributed by atoms with van der Waals surface area (Å²) in [6, 6.07) is 9.31. The maximum Gasteiger partial charge on any atom is 0.148 e. The summed E-state index contributed by atoms with van der Waals surface area (Å²) < 4.78 is 31.6. The number of hydrogen-bond acceptors (Lipinski definition) is 4. The van der Waals surface area contributed by atoms with E-state index in [0.717, 1.165) is 11.3 Å². The van der Waals surface area contributed by atoms with Crippen molar-refractivity contribution in [2.75, 3.05) is 7.11 Å². The molecule has 25 heavy (non-hydrogen) atoms. The van der Waals surface area contributed by atoms with Crippen molar-refractivity contribution in [2.45, 2.75) is 50.5 Å². The van der Waals surface area contributed by atoms with Gasteiger partial charge in [-0.05, 0) is 28.8 Å². The van der Waals surface area contributed by atoms with Crippen LogP contribution in [0.3, 0.4) is 0 Å². The molecule has 2 N–H and O–H groups in total. The molecule has 1 aromatic carbocycles. The SMILES string of the molecule is COc1ccc(Cn2nccc2S(=N)(=O)N[Si](C)(C)C(C)(C)C)cc1. The van der Waals surface area contributed by atoms with Gasteiger partial charge in [-0.1, -0.05) is 46.0 Å². The van der Waals surface area contributed by atoms with Crippen LogP contribution < -0.4 is 9.12 Å². The first-order valence-electron chi connectivity index (χ1n) is 8.19. The summed E-state index contributed by atoms with van der Waals surface area (Å²) >= 11 is 0. The Bertz CT molecular complexity index is 821. The third-order valence-electron chi connectivity index (χ3n) is 4.74. The lowest BCUT2D eigenvalue weighted by Gasteiger charge is -2.37. The van der Waals surface area contributed by atoms with Gasteiger partial charge in [0.05, 0.1) is 19.9 Å². The van der Waals surface area contributed by atoms with Gasteiger partial charge < -0.3 is 4.74 Å². The normalized spacial score (nSPS) is 15.0. The first-order valence-corrected chi connectivity index (χ1v) is 12.7. The number of nitrogens with zero attached hydrogens (tertiary/aromatic N) is 2. The molecule has 0 bridgehead atoms. The molecule has 2 rings (SSSR count). The van der Waals surface area contributed by atoms with Crippen LogP contribution in [0.15, 0.2) is 41.6 Å². The van der Waals surface area contributed by atoms with E-state index in [1.165, 1.54) is 0 Å². The average molecular weight is 381 g/mol. The summed E-state index contributed by atoms with van der Waals surface area (Å²) in [5, 5.41) is 4.67. The lowest BCUT2D eigenvalue weighted by molar-refractivity contribution is 0.414. The lowest BCUT2D eigenvalue weighted by Crippen LogP contribution is -2.54. The molecular formula is C17H28N4O2SSi. The van der Waals surface area contributed by atoms with Gasteiger partial charge in [-0.25, -0.2) is 18.1 Å². The highest BCUT2D eigenvalue weighted by Crippen LogP contribution is 2.35. The summed E-state index contributed by atoms with van der Waals surface area (Å²) in [5.41, 5.74) is 1.01. The maximum absolute atomic E-state index is 13.1. The van der Waals surface area contributed by atoms with Gasteiger partial charge in [0.2, 0.25) is 0 Å². The van der Waals surface area contributed by atoms with Gasteiger partial charge >= 0.3 is 0 Å². The van der Waals surface area contributed by atoms with Crippen LogP contribution in [0.25, 0.3) is 0 Å². The van der Waals surface area contributed by atoms with Crippen molar-refractivity contribution in [1.82, 2.24) is 14.2 Å². The van der Waals surface area contributed by atoms with E-state index in [4.69, 9.17) is 9.52 Å². The van der Waals surface area contributed by atoms with Crippen LogP contribution in [0.1, 0.15) is 26.3 Å². The predicted molar refractivity (Wildman–Crippen MR) is 104 cm³/mol. The van der Waals surface area contributed by atoms with Crippen LogP contribution in [-0.2, 0) is 16.5 Å². The molecule has 8 heteroatoms. The number of nitrogens with one attached hydrogen (secondary N) is 2. The Balaban J connectivity index is 2.27. The molecule has 1 heterocycles. The number of aromatic nitrogens is 2. The first-order chi connectivity index (χ1) is 11.5. The number of ether oxygens (including phenoxy) is 1. The number of rotatable bonds is 6. The Morgan fingerprint density at radius 1 is 1.24 bits per heavy atom. The largest absolute Gasteiger partial charge is 0.497 e. The maximum atomic E-state index is 13.1. The Morgan fingerprint density at radius 3 is 2.36 bits per heavy atom. The van der Waals surface area contributed by atoms with Crippen LogP contribution in [0.2, 0.25) is 18.1 Å². The van der Waals surface area contributed by atoms with Gasteiger partial charge in [-0.2, -0.15) is 5.10 Å². The second-order valence-corrected chi connectivity index (χ2v) is 14.8. The van der Waals surface area contributed by atoms with E-state index in [9.17, 15) is 4.21 Å². The first kappa shape index (κ1) is 19.7. The minimum atomic E-state index is -3.13. The van der Waals surface area contributed by atoms with E-state index in [1.54, 1.807) is 24.1 Å². The minimum Gasteiger partial charge on any atom is -0.497 e. The zero-order valence-electron chi connectivity index (χ0n) is 15.8. The van der Waals surface area contributed by atoms with E-state index in [2.05, 4.69) is 43.4 Å². The van der Waals surface area contributed by atoms with E-state index in [1.807, 2.05) is 24.3 Å². The molecule has 6 nitrogen and oxygen atoms in total. The van der Waals surface area contributed by atoms with Gasteiger partial charge in [0, 0.05) is 0 Å². The summed E-state index contributed by atoms with van der Waals surface area (Å²) in [6.45, 7) is 11.0. The summed E-state index contributed by atoms with van der Waals surface area (Å²) in [4.78, 5) is 0. The molecule has 2 aromatic rings. The fourth-order valence-corrected chi connectivity index (χ4v) is 7.33. The fraction of sp³-hybridized carbons (Fsp3) is 0.471. The van der Waals surface area contributed by atoms with Crippen LogP contribution >= 0.6 is 0 Å². The summed E-state index contributed by atoms with van der Waals surface area (Å²) in [5.74, 6) is 0.785. The molecule has 0 amide bonds. The van der Waals surface area contributed by atoms with Gasteiger partial charge in [0.25, 0.3) is 0 Å². The highest BCUT2D eigenvalue weighted by molar-refractivity contribution is 7.91. The van der Waals surface area contributed by atoms with Gasteiger partial charge in [0.1, 0.15) is 28.9 Å². The van der Waals surface area contributed by atoms with Crippen molar-refractivity contribution in [1.29, 1.82) is 4.78 Å². The smallest absolute Gasteiger partial charge is 0.148 e. The van der Waals surface area contributed by atoms with Crippen LogP contribution in [0, 0.1) is 4.78 Å². The van der Waals surface area contributed by atoms with Crippen molar-refractivity contribution in [2.24, 2.45) is 0 Å². The molecule has 0 radical (unpaired) electrons. The Kier molecular flexibility index (Phi) is 5.46. The van der Waals surface area contributed by atoms with Crippen LogP contribution in [-0.4, -0.2) is 29.3 Å². The van der Waals surface area contributed by atoms with E-state index in [-0.39, 0.29) is 5.04 Å². The van der Waals surface area contributed by atoms with Crippen LogP contribution in [0.5, 0.6) is 5.75 Å². The molecule has 0 aliphatic heterocycles. The highest BCUT2D eigenvalue weighted by Gasteiger charge is 2.39. The molecular weight excluding hydrogens is 352 g/mol. The molecule has 0 fully saturated rings. The van der Waals surface area contributed by atoms with Crippen molar-refractivity contribution in [3.8, 4) is 5.75 Å². The molecule has 138 valence electrons. The van der Waals surface area contributed by atoms with Crippen molar-refractivity contribution in [3.05, 3.63) is 42.1 Å². The topological polar surface area (TPSA) is 80.0 Å². The van der Waals surface area contributed by atoms with E-state index >= 15 is 0 Å². The third kappa shape index (κ3) is 4.50. The molecule has 0 aliphatic rings. The lowest BCUT2D eigenvalue weighted by atomic mass is 10.2. The molecule has 0 aliphatic carbocycles. The fourth-order valence-electron chi connectivity index (χ4n) is 2.15. The second-order valence-electron chi connectivity index (χ2n) is 7.71. The summed E-state index contributed by atoms with van der Waals surface area (Å²) in [7, 11) is -3.60. The number of methoxy groups -OCH3 is 1. The number of benzene rings is 1.